The third-order valence-electron chi connectivity index (χ3n) is 2.08. The van der Waals surface area contributed by atoms with Crippen LogP contribution in [0.1, 0.15) is 6.92 Å². The SMILES string of the molecule is CCn1c(=O)ccc2[nH]cc(I)c21. The summed E-state index contributed by atoms with van der Waals surface area (Å²) in [6.07, 6.45) is 1.91. The minimum atomic E-state index is 0.0625. The van der Waals surface area contributed by atoms with Crippen LogP contribution in [0.15, 0.2) is 23.1 Å². The number of pyridine rings is 1. The van der Waals surface area contributed by atoms with Crippen LogP contribution >= 0.6 is 22.6 Å². The third-order valence-corrected chi connectivity index (χ3v) is 2.90. The van der Waals surface area contributed by atoms with Crippen molar-refractivity contribution >= 4 is 33.6 Å². The van der Waals surface area contributed by atoms with Crippen molar-refractivity contribution in [2.45, 2.75) is 13.5 Å². The molecule has 0 saturated heterocycles. The molecule has 1 N–H and O–H groups in total. The fraction of sp³-hybridized carbons (Fsp3) is 0.222. The Morgan fingerprint density at radius 3 is 3.00 bits per heavy atom. The van der Waals surface area contributed by atoms with E-state index in [9.17, 15) is 4.79 Å². The van der Waals surface area contributed by atoms with Gasteiger partial charge in [-0.1, -0.05) is 0 Å². The van der Waals surface area contributed by atoms with Gasteiger partial charge in [-0.3, -0.25) is 4.79 Å². The summed E-state index contributed by atoms with van der Waals surface area (Å²) in [6.45, 7) is 2.69. The van der Waals surface area contributed by atoms with Crippen molar-refractivity contribution in [3.8, 4) is 0 Å². The monoisotopic (exact) mass is 288 g/mol. The van der Waals surface area contributed by atoms with Crippen LogP contribution < -0.4 is 5.56 Å². The summed E-state index contributed by atoms with van der Waals surface area (Å²) in [7, 11) is 0. The topological polar surface area (TPSA) is 37.8 Å². The highest BCUT2D eigenvalue weighted by Crippen LogP contribution is 2.17. The second-order valence-corrected chi connectivity index (χ2v) is 3.98. The molecule has 0 spiro atoms. The molecule has 68 valence electrons. The summed E-state index contributed by atoms with van der Waals surface area (Å²) in [5, 5.41) is 0. The van der Waals surface area contributed by atoms with Gasteiger partial charge >= 0.3 is 0 Å². The van der Waals surface area contributed by atoms with Gasteiger partial charge in [0.1, 0.15) is 0 Å². The predicted octanol–water partition coefficient (Wildman–Crippen LogP) is 1.95. The lowest BCUT2D eigenvalue weighted by Gasteiger charge is -2.03. The number of hydrogen-bond acceptors (Lipinski definition) is 1. The zero-order chi connectivity index (χ0) is 9.42. The first-order valence-electron chi connectivity index (χ1n) is 4.10. The minimum absolute atomic E-state index is 0.0625. The molecule has 0 radical (unpaired) electrons. The van der Waals surface area contributed by atoms with Crippen LogP contribution in [-0.2, 0) is 6.54 Å². The fourth-order valence-corrected chi connectivity index (χ4v) is 2.21. The van der Waals surface area contributed by atoms with Gasteiger partial charge in [0.2, 0.25) is 0 Å². The summed E-state index contributed by atoms with van der Waals surface area (Å²) in [4.78, 5) is 14.6. The number of hydrogen-bond donors (Lipinski definition) is 1. The molecule has 2 aromatic rings. The molecule has 0 aliphatic rings. The van der Waals surface area contributed by atoms with Crippen molar-refractivity contribution in [3.05, 3.63) is 32.3 Å². The second kappa shape index (κ2) is 3.17. The minimum Gasteiger partial charge on any atom is -0.359 e. The number of halogens is 1. The van der Waals surface area contributed by atoms with E-state index >= 15 is 0 Å². The number of aryl methyl sites for hydroxylation is 1. The lowest BCUT2D eigenvalue weighted by Crippen LogP contribution is -2.17. The standard InChI is InChI=1S/C9H9IN2O/c1-2-12-8(13)4-3-7-9(12)6(10)5-11-7/h3-5,11H,2H2,1H3. The van der Waals surface area contributed by atoms with Gasteiger partial charge < -0.3 is 9.55 Å². The zero-order valence-corrected chi connectivity index (χ0v) is 9.33. The van der Waals surface area contributed by atoms with Crippen LogP contribution in [0.5, 0.6) is 0 Å². The Hall–Kier alpha value is -0.780. The average Bonchev–Trinajstić information content (AvgIpc) is 2.49. The molecule has 0 amide bonds. The lowest BCUT2D eigenvalue weighted by molar-refractivity contribution is 0.759. The molecule has 0 bridgehead atoms. The van der Waals surface area contributed by atoms with E-state index in [-0.39, 0.29) is 5.56 Å². The molecule has 2 heterocycles. The van der Waals surface area contributed by atoms with Crippen molar-refractivity contribution < 1.29 is 0 Å². The summed E-state index contributed by atoms with van der Waals surface area (Å²) >= 11 is 2.23. The highest BCUT2D eigenvalue weighted by atomic mass is 127. The molecule has 0 aromatic carbocycles. The number of fused-ring (bicyclic) bond motifs is 1. The van der Waals surface area contributed by atoms with Crippen LogP contribution in [0.3, 0.4) is 0 Å². The van der Waals surface area contributed by atoms with Gasteiger partial charge in [0.25, 0.3) is 5.56 Å². The van der Waals surface area contributed by atoms with E-state index in [1.165, 1.54) is 0 Å². The van der Waals surface area contributed by atoms with Gasteiger partial charge in [-0.15, -0.1) is 0 Å². The van der Waals surface area contributed by atoms with Gasteiger partial charge in [0, 0.05) is 18.8 Å². The lowest BCUT2D eigenvalue weighted by atomic mass is 10.3. The van der Waals surface area contributed by atoms with Crippen molar-refractivity contribution in [2.75, 3.05) is 0 Å². The molecule has 0 unspecified atom stereocenters. The van der Waals surface area contributed by atoms with Crippen molar-refractivity contribution in [1.82, 2.24) is 9.55 Å². The smallest absolute Gasteiger partial charge is 0.251 e. The van der Waals surface area contributed by atoms with Gasteiger partial charge in [-0.25, -0.2) is 0 Å². The highest BCUT2D eigenvalue weighted by molar-refractivity contribution is 14.1. The molecule has 13 heavy (non-hydrogen) atoms. The largest absolute Gasteiger partial charge is 0.359 e. The number of H-pyrrole nitrogens is 1. The molecule has 0 saturated carbocycles. The number of nitrogens with zero attached hydrogens (tertiary/aromatic N) is 1. The van der Waals surface area contributed by atoms with Crippen LogP contribution in [0.4, 0.5) is 0 Å². The van der Waals surface area contributed by atoms with Gasteiger partial charge in [-0.2, -0.15) is 0 Å². The molecular formula is C9H9IN2O. The average molecular weight is 288 g/mol. The van der Waals surface area contributed by atoms with Crippen molar-refractivity contribution in [3.63, 3.8) is 0 Å². The van der Waals surface area contributed by atoms with E-state index in [0.717, 1.165) is 14.6 Å². The van der Waals surface area contributed by atoms with Crippen molar-refractivity contribution in [1.29, 1.82) is 0 Å². The third kappa shape index (κ3) is 1.29. The maximum absolute atomic E-state index is 11.5. The summed E-state index contributed by atoms with van der Waals surface area (Å²) in [5.74, 6) is 0. The molecule has 3 nitrogen and oxygen atoms in total. The summed E-state index contributed by atoms with van der Waals surface area (Å²) in [6, 6.07) is 3.42. The van der Waals surface area contributed by atoms with Crippen LogP contribution in [-0.4, -0.2) is 9.55 Å². The Kier molecular flexibility index (Phi) is 2.15. The first kappa shape index (κ1) is 8.80. The van der Waals surface area contributed by atoms with E-state index in [4.69, 9.17) is 0 Å². The van der Waals surface area contributed by atoms with E-state index in [0.29, 0.717) is 6.54 Å². The van der Waals surface area contributed by atoms with E-state index in [1.807, 2.05) is 19.2 Å². The first-order valence-corrected chi connectivity index (χ1v) is 5.18. The highest BCUT2D eigenvalue weighted by Gasteiger charge is 2.05. The zero-order valence-electron chi connectivity index (χ0n) is 7.17. The molecule has 0 aliphatic heterocycles. The summed E-state index contributed by atoms with van der Waals surface area (Å²) in [5.41, 5.74) is 2.09. The quantitative estimate of drug-likeness (QED) is 0.800. The fourth-order valence-electron chi connectivity index (χ4n) is 1.48. The van der Waals surface area contributed by atoms with Crippen LogP contribution in [0, 0.1) is 3.57 Å². The first-order chi connectivity index (χ1) is 6.24. The van der Waals surface area contributed by atoms with Crippen molar-refractivity contribution in [2.24, 2.45) is 0 Å². The maximum atomic E-state index is 11.5. The van der Waals surface area contributed by atoms with E-state index in [1.54, 1.807) is 10.6 Å². The van der Waals surface area contributed by atoms with Crippen LogP contribution in [0.2, 0.25) is 0 Å². The summed E-state index contributed by atoms with van der Waals surface area (Å²) < 4.78 is 2.86. The Bertz CT molecular complexity index is 498. The van der Waals surface area contributed by atoms with Gasteiger partial charge in [0.15, 0.2) is 0 Å². The molecule has 0 atom stereocenters. The van der Waals surface area contributed by atoms with E-state index in [2.05, 4.69) is 27.6 Å². The Morgan fingerprint density at radius 1 is 1.54 bits per heavy atom. The molecule has 4 heteroatoms. The van der Waals surface area contributed by atoms with Crippen LogP contribution in [0.25, 0.3) is 11.0 Å². The molecule has 0 fully saturated rings. The Labute approximate surface area is 88.9 Å². The molecule has 2 aromatic heterocycles. The molecule has 0 aliphatic carbocycles. The number of rotatable bonds is 1. The molecule has 2 rings (SSSR count). The van der Waals surface area contributed by atoms with Gasteiger partial charge in [0.05, 0.1) is 14.6 Å². The number of aromatic nitrogens is 2. The molecular weight excluding hydrogens is 279 g/mol. The second-order valence-electron chi connectivity index (χ2n) is 2.81. The Morgan fingerprint density at radius 2 is 2.31 bits per heavy atom. The van der Waals surface area contributed by atoms with Gasteiger partial charge in [-0.05, 0) is 35.6 Å². The number of aromatic amines is 1. The predicted molar refractivity (Wildman–Crippen MR) is 60.9 cm³/mol. The maximum Gasteiger partial charge on any atom is 0.251 e. The van der Waals surface area contributed by atoms with E-state index < -0.39 is 0 Å². The number of nitrogens with one attached hydrogen (secondary N) is 1. The Balaban J connectivity index is 2.97. The normalized spacial score (nSPS) is 10.9.